The maximum absolute atomic E-state index is 13.1. The fourth-order valence-corrected chi connectivity index (χ4v) is 4.74. The van der Waals surface area contributed by atoms with E-state index in [4.69, 9.17) is 0 Å². The third-order valence-corrected chi connectivity index (χ3v) is 6.79. The number of likely N-dealkylation sites (tertiary alicyclic amines) is 1. The van der Waals surface area contributed by atoms with Gasteiger partial charge in [0.15, 0.2) is 0 Å². The van der Waals surface area contributed by atoms with Gasteiger partial charge in [-0.15, -0.1) is 0 Å². The molecule has 2 aliphatic heterocycles. The second kappa shape index (κ2) is 10.6. The summed E-state index contributed by atoms with van der Waals surface area (Å²) in [7, 11) is 0. The van der Waals surface area contributed by atoms with Crippen LogP contribution >= 0.6 is 0 Å². The van der Waals surface area contributed by atoms with E-state index in [2.05, 4.69) is 12.2 Å². The van der Waals surface area contributed by atoms with Gasteiger partial charge in [0.05, 0.1) is 5.92 Å². The number of hydrogen-bond acceptors (Lipinski definition) is 3. The molecule has 174 valence electrons. The van der Waals surface area contributed by atoms with Gasteiger partial charge in [-0.3, -0.25) is 14.4 Å². The molecule has 2 fully saturated rings. The average molecular weight is 448 g/mol. The lowest BCUT2D eigenvalue weighted by atomic mass is 10.0. The minimum absolute atomic E-state index is 0.0122. The summed E-state index contributed by atoms with van der Waals surface area (Å²) < 4.78 is 0. The van der Waals surface area contributed by atoms with Gasteiger partial charge in [0, 0.05) is 44.2 Å². The minimum Gasteiger partial charge on any atom is -0.353 e. The first-order valence-electron chi connectivity index (χ1n) is 12.0. The Labute approximate surface area is 196 Å². The molecule has 1 atom stereocenters. The van der Waals surface area contributed by atoms with Gasteiger partial charge in [0.25, 0.3) is 0 Å². The second-order valence-electron chi connectivity index (χ2n) is 9.08. The van der Waals surface area contributed by atoms with Crippen molar-refractivity contribution in [3.8, 4) is 0 Å². The molecule has 2 aromatic rings. The van der Waals surface area contributed by atoms with E-state index in [1.54, 1.807) is 4.90 Å². The van der Waals surface area contributed by atoms with Crippen molar-refractivity contribution < 1.29 is 14.4 Å². The highest BCUT2D eigenvalue weighted by Gasteiger charge is 2.38. The SMILES string of the molecule is CCc1ccc(N2CC(C(=O)N3CCC(NC(=O)CCc4ccccc4)CC3)CC2=O)cc1. The molecular formula is C27H33N3O3. The Morgan fingerprint density at radius 1 is 0.970 bits per heavy atom. The third kappa shape index (κ3) is 5.81. The monoisotopic (exact) mass is 447 g/mol. The van der Waals surface area contributed by atoms with Gasteiger partial charge < -0.3 is 15.1 Å². The Balaban J connectivity index is 1.22. The molecule has 33 heavy (non-hydrogen) atoms. The number of anilines is 1. The summed E-state index contributed by atoms with van der Waals surface area (Å²) in [5.41, 5.74) is 3.26. The van der Waals surface area contributed by atoms with E-state index in [0.29, 0.717) is 26.1 Å². The Bertz CT molecular complexity index is 966. The van der Waals surface area contributed by atoms with E-state index in [1.807, 2.05) is 59.5 Å². The second-order valence-corrected chi connectivity index (χ2v) is 9.08. The van der Waals surface area contributed by atoms with Gasteiger partial charge in [-0.25, -0.2) is 0 Å². The average Bonchev–Trinajstić information content (AvgIpc) is 3.25. The zero-order valence-corrected chi connectivity index (χ0v) is 19.3. The molecule has 2 aromatic carbocycles. The molecule has 3 amide bonds. The molecular weight excluding hydrogens is 414 g/mol. The maximum atomic E-state index is 13.1. The summed E-state index contributed by atoms with van der Waals surface area (Å²) >= 11 is 0. The van der Waals surface area contributed by atoms with Crippen LogP contribution in [0, 0.1) is 5.92 Å². The van der Waals surface area contributed by atoms with Crippen LogP contribution < -0.4 is 10.2 Å². The van der Waals surface area contributed by atoms with Crippen molar-refractivity contribution >= 4 is 23.4 Å². The summed E-state index contributed by atoms with van der Waals surface area (Å²) in [4.78, 5) is 41.6. The number of aryl methyl sites for hydroxylation is 2. The molecule has 2 heterocycles. The van der Waals surface area contributed by atoms with Gasteiger partial charge in [-0.1, -0.05) is 49.4 Å². The number of carbonyl (C=O) groups is 3. The van der Waals surface area contributed by atoms with E-state index in [9.17, 15) is 14.4 Å². The van der Waals surface area contributed by atoms with E-state index in [-0.39, 0.29) is 36.1 Å². The van der Waals surface area contributed by atoms with Gasteiger partial charge >= 0.3 is 0 Å². The number of rotatable bonds is 7. The van der Waals surface area contributed by atoms with Gasteiger partial charge in [-0.2, -0.15) is 0 Å². The van der Waals surface area contributed by atoms with Crippen LogP contribution in [0.4, 0.5) is 5.69 Å². The first-order valence-corrected chi connectivity index (χ1v) is 12.0. The first-order chi connectivity index (χ1) is 16.0. The first kappa shape index (κ1) is 23.0. The predicted molar refractivity (Wildman–Crippen MR) is 129 cm³/mol. The largest absolute Gasteiger partial charge is 0.353 e. The number of nitrogens with one attached hydrogen (secondary N) is 1. The number of nitrogens with zero attached hydrogens (tertiary/aromatic N) is 2. The molecule has 2 aliphatic rings. The lowest BCUT2D eigenvalue weighted by molar-refractivity contribution is -0.137. The molecule has 0 spiro atoms. The molecule has 6 nitrogen and oxygen atoms in total. The van der Waals surface area contributed by atoms with Crippen molar-refractivity contribution in [2.75, 3.05) is 24.5 Å². The van der Waals surface area contributed by atoms with Crippen molar-refractivity contribution in [1.82, 2.24) is 10.2 Å². The van der Waals surface area contributed by atoms with Gasteiger partial charge in [-0.05, 0) is 48.9 Å². The quantitative estimate of drug-likeness (QED) is 0.708. The van der Waals surface area contributed by atoms with Crippen molar-refractivity contribution in [3.63, 3.8) is 0 Å². The lowest BCUT2D eigenvalue weighted by Crippen LogP contribution is -2.48. The summed E-state index contributed by atoms with van der Waals surface area (Å²) in [6.07, 6.45) is 3.94. The molecule has 1 unspecified atom stereocenters. The smallest absolute Gasteiger partial charge is 0.228 e. The van der Waals surface area contributed by atoms with Crippen LogP contribution in [0.25, 0.3) is 0 Å². The maximum Gasteiger partial charge on any atom is 0.228 e. The van der Waals surface area contributed by atoms with Crippen molar-refractivity contribution in [2.45, 2.75) is 51.5 Å². The van der Waals surface area contributed by atoms with E-state index in [0.717, 1.165) is 36.9 Å². The van der Waals surface area contributed by atoms with E-state index in [1.165, 1.54) is 5.56 Å². The molecule has 0 aliphatic carbocycles. The highest BCUT2D eigenvalue weighted by Crippen LogP contribution is 2.27. The number of amides is 3. The van der Waals surface area contributed by atoms with Crippen LogP contribution in [0.1, 0.15) is 43.7 Å². The van der Waals surface area contributed by atoms with Crippen LogP contribution in [0.5, 0.6) is 0 Å². The molecule has 0 radical (unpaired) electrons. The van der Waals surface area contributed by atoms with Crippen molar-refractivity contribution in [2.24, 2.45) is 5.92 Å². The summed E-state index contributed by atoms with van der Waals surface area (Å²) in [5, 5.41) is 3.12. The van der Waals surface area contributed by atoms with Crippen molar-refractivity contribution in [1.29, 1.82) is 0 Å². The molecule has 4 rings (SSSR count). The minimum atomic E-state index is -0.291. The zero-order chi connectivity index (χ0) is 23.2. The standard InChI is InChI=1S/C27H33N3O3/c1-2-20-8-11-24(12-9-20)30-19-22(18-26(30)32)27(33)29-16-14-23(15-17-29)28-25(31)13-10-21-6-4-3-5-7-21/h3-9,11-12,22-23H,2,10,13-19H2,1H3,(H,28,31). The van der Waals surface area contributed by atoms with E-state index < -0.39 is 0 Å². The van der Waals surface area contributed by atoms with Crippen molar-refractivity contribution in [3.05, 3.63) is 65.7 Å². The van der Waals surface area contributed by atoms with E-state index >= 15 is 0 Å². The highest BCUT2D eigenvalue weighted by atomic mass is 16.2. The molecule has 6 heteroatoms. The fourth-order valence-electron chi connectivity index (χ4n) is 4.74. The summed E-state index contributed by atoms with van der Waals surface area (Å²) in [6.45, 7) is 3.79. The Morgan fingerprint density at radius 3 is 2.33 bits per heavy atom. The molecule has 0 bridgehead atoms. The Morgan fingerprint density at radius 2 is 1.67 bits per heavy atom. The number of benzene rings is 2. The highest BCUT2D eigenvalue weighted by molar-refractivity contribution is 6.00. The van der Waals surface area contributed by atoms with Crippen LogP contribution in [-0.2, 0) is 27.2 Å². The van der Waals surface area contributed by atoms with Crippen LogP contribution in [0.15, 0.2) is 54.6 Å². The Hall–Kier alpha value is -3.15. The normalized spacial score (nSPS) is 19.1. The topological polar surface area (TPSA) is 69.7 Å². The lowest BCUT2D eigenvalue weighted by Gasteiger charge is -2.33. The third-order valence-electron chi connectivity index (χ3n) is 6.79. The fraction of sp³-hybridized carbons (Fsp3) is 0.444. The summed E-state index contributed by atoms with van der Waals surface area (Å²) in [5.74, 6) is -0.154. The molecule has 0 aromatic heterocycles. The molecule has 2 saturated heterocycles. The Kier molecular flexibility index (Phi) is 7.43. The zero-order valence-electron chi connectivity index (χ0n) is 19.3. The van der Waals surface area contributed by atoms with Crippen LogP contribution in [0.2, 0.25) is 0 Å². The molecule has 1 N–H and O–H groups in total. The van der Waals surface area contributed by atoms with Crippen LogP contribution in [-0.4, -0.2) is 48.3 Å². The summed E-state index contributed by atoms with van der Waals surface area (Å²) in [6, 6.07) is 18.1. The predicted octanol–water partition coefficient (Wildman–Crippen LogP) is 3.34. The number of carbonyl (C=O) groups excluding carboxylic acids is 3. The number of piperidine rings is 1. The van der Waals surface area contributed by atoms with Gasteiger partial charge in [0.2, 0.25) is 17.7 Å². The molecule has 0 saturated carbocycles. The van der Waals surface area contributed by atoms with Crippen LogP contribution in [0.3, 0.4) is 0 Å². The number of hydrogen-bond donors (Lipinski definition) is 1. The van der Waals surface area contributed by atoms with Gasteiger partial charge in [0.1, 0.15) is 0 Å².